The third kappa shape index (κ3) is 7.11. The third-order valence-electron chi connectivity index (χ3n) is 6.18. The minimum Gasteiger partial charge on any atom is -0.543 e. The zero-order chi connectivity index (χ0) is 31.4. The van der Waals surface area contributed by atoms with Crippen LogP contribution in [0.3, 0.4) is 0 Å². The Hall–Kier alpha value is -4.10. The van der Waals surface area contributed by atoms with Gasteiger partial charge in [0, 0.05) is 16.9 Å². The van der Waals surface area contributed by atoms with Crippen molar-refractivity contribution in [1.29, 1.82) is 0 Å². The van der Waals surface area contributed by atoms with Crippen molar-refractivity contribution < 1.29 is 38.8 Å². The number of anilines is 3. The summed E-state index contributed by atoms with van der Waals surface area (Å²) < 4.78 is 1.80. The Bertz CT molecular complexity index is 1510. The fourth-order valence-corrected chi connectivity index (χ4v) is 7.24. The third-order valence-corrected chi connectivity index (χ3v) is 9.31. The first-order valence-corrected chi connectivity index (χ1v) is 15.7. The number of nitrogen functional groups attached to an aromatic ring is 2. The zero-order valence-corrected chi connectivity index (χ0v) is 25.7. The SMILES string of the molecule is CCNc1cc(N)nc(SCC2=C(C(=O)[O-])N3C(=O)C(NC(=O)/C(=N\OC(C)CC(=O)O)c4csc(N)n4)[C@H]3SC2)[n+]1C. The van der Waals surface area contributed by atoms with Crippen LogP contribution in [0.4, 0.5) is 16.8 Å². The summed E-state index contributed by atoms with van der Waals surface area (Å²) in [4.78, 5) is 64.2. The van der Waals surface area contributed by atoms with E-state index in [1.807, 2.05) is 6.92 Å². The maximum atomic E-state index is 13.2. The first-order chi connectivity index (χ1) is 20.4. The molecular weight excluding hydrogens is 623 g/mol. The molecule has 0 aliphatic carbocycles. The average Bonchev–Trinajstić information content (AvgIpc) is 3.37. The molecule has 4 heterocycles. The van der Waals surface area contributed by atoms with Crippen LogP contribution in [0.5, 0.6) is 0 Å². The Morgan fingerprint density at radius 3 is 2.74 bits per heavy atom. The predicted octanol–water partition coefficient (Wildman–Crippen LogP) is -1.26. The van der Waals surface area contributed by atoms with Gasteiger partial charge in [-0.25, -0.2) is 9.55 Å². The van der Waals surface area contributed by atoms with Crippen LogP contribution < -0.4 is 31.8 Å². The summed E-state index contributed by atoms with van der Waals surface area (Å²) in [6.45, 7) is 4.06. The van der Waals surface area contributed by atoms with Crippen molar-refractivity contribution in [2.45, 2.75) is 42.9 Å². The number of oxime groups is 1. The van der Waals surface area contributed by atoms with E-state index < -0.39 is 41.3 Å². The molecule has 16 nitrogen and oxygen atoms in total. The highest BCUT2D eigenvalue weighted by Gasteiger charge is 2.53. The van der Waals surface area contributed by atoms with Crippen LogP contribution in [0.25, 0.3) is 0 Å². The number of β-lactam (4-membered cyclic amide) rings is 1. The molecule has 3 atom stereocenters. The van der Waals surface area contributed by atoms with E-state index in [-0.39, 0.29) is 40.2 Å². The van der Waals surface area contributed by atoms with Crippen LogP contribution in [0.2, 0.25) is 0 Å². The van der Waals surface area contributed by atoms with E-state index in [9.17, 15) is 24.3 Å². The molecule has 1 fully saturated rings. The number of amides is 2. The molecule has 0 saturated carbocycles. The second-order valence-corrected chi connectivity index (χ2v) is 12.3. The van der Waals surface area contributed by atoms with Crippen molar-refractivity contribution >= 4 is 81.1 Å². The number of carbonyl (C=O) groups is 4. The lowest BCUT2D eigenvalue weighted by molar-refractivity contribution is -0.699. The van der Waals surface area contributed by atoms with Crippen LogP contribution in [-0.2, 0) is 31.1 Å². The van der Waals surface area contributed by atoms with E-state index in [1.54, 1.807) is 17.7 Å². The van der Waals surface area contributed by atoms with E-state index >= 15 is 0 Å². The number of thiazole rings is 1. The van der Waals surface area contributed by atoms with Crippen LogP contribution in [0, 0.1) is 0 Å². The molecule has 2 aliphatic heterocycles. The summed E-state index contributed by atoms with van der Waals surface area (Å²) in [5.41, 5.74) is 11.6. The lowest BCUT2D eigenvalue weighted by Gasteiger charge is -2.50. The molecule has 230 valence electrons. The first kappa shape index (κ1) is 31.8. The minimum absolute atomic E-state index is 0.0673. The van der Waals surface area contributed by atoms with Crippen molar-refractivity contribution in [3.8, 4) is 0 Å². The molecule has 4 rings (SSSR count). The van der Waals surface area contributed by atoms with Crippen molar-refractivity contribution in [3.05, 3.63) is 28.4 Å². The molecule has 2 aromatic rings. The van der Waals surface area contributed by atoms with Crippen LogP contribution in [0.15, 0.2) is 33.0 Å². The van der Waals surface area contributed by atoms with Gasteiger partial charge in [0.2, 0.25) is 11.6 Å². The van der Waals surface area contributed by atoms with Crippen molar-refractivity contribution in [3.63, 3.8) is 0 Å². The van der Waals surface area contributed by atoms with Gasteiger partial charge < -0.3 is 41.9 Å². The highest BCUT2D eigenvalue weighted by Crippen LogP contribution is 2.41. The smallest absolute Gasteiger partial charge is 0.307 e. The average molecular weight is 652 g/mol. The van der Waals surface area contributed by atoms with E-state index in [2.05, 4.69) is 25.8 Å². The van der Waals surface area contributed by atoms with Gasteiger partial charge >= 0.3 is 11.1 Å². The van der Waals surface area contributed by atoms with Crippen molar-refractivity contribution in [2.75, 3.05) is 34.8 Å². The number of aliphatic carboxylic acids is 2. The standard InChI is InChI=1S/C24H29N9O7S3/c1-4-27-14-6-13(25)29-24(32(14)3)43-8-11-7-41-21-17(20(37)33(21)18(11)22(38)39)30-19(36)16(12-9-42-23(26)28-12)31-40-10(2)5-15(34)35/h6,9-10,17,21H,4-5,7-8H2,1-3H3,(H7,25,26,27,28,30,34,35,36,38,39)/b31-16-/t10?,17?,21-/m1/s1. The Labute approximate surface area is 257 Å². The number of thioether (sulfide) groups is 2. The molecule has 1 saturated heterocycles. The number of carbonyl (C=O) groups excluding carboxylic acids is 3. The fourth-order valence-electron chi connectivity index (χ4n) is 4.21. The van der Waals surface area contributed by atoms with Crippen LogP contribution in [0.1, 0.15) is 26.0 Å². The maximum Gasteiger partial charge on any atom is 0.307 e. The van der Waals surface area contributed by atoms with Gasteiger partial charge in [-0.1, -0.05) is 10.1 Å². The number of hydrogen-bond donors (Lipinski definition) is 5. The van der Waals surface area contributed by atoms with Gasteiger partial charge in [-0.15, -0.1) is 23.1 Å². The second kappa shape index (κ2) is 13.5. The summed E-state index contributed by atoms with van der Waals surface area (Å²) in [6.07, 6.45) is -1.23. The lowest BCUT2D eigenvalue weighted by atomic mass is 10.0. The summed E-state index contributed by atoms with van der Waals surface area (Å²) in [7, 11) is 1.80. The molecule has 43 heavy (non-hydrogen) atoms. The number of nitrogens with one attached hydrogen (secondary N) is 2. The molecule has 2 aliphatic rings. The van der Waals surface area contributed by atoms with Crippen LogP contribution >= 0.6 is 34.9 Å². The number of hydrogen-bond acceptors (Lipinski definition) is 15. The normalized spacial score (nSPS) is 18.9. The monoisotopic (exact) mass is 651 g/mol. The predicted molar refractivity (Wildman–Crippen MR) is 158 cm³/mol. The molecule has 2 aromatic heterocycles. The molecule has 0 bridgehead atoms. The van der Waals surface area contributed by atoms with Crippen molar-refractivity contribution in [1.82, 2.24) is 20.2 Å². The number of rotatable bonds is 13. The summed E-state index contributed by atoms with van der Waals surface area (Å²) in [6, 6.07) is 0.616. The number of fused-ring (bicyclic) bond motifs is 1. The van der Waals surface area contributed by atoms with Gasteiger partial charge in [-0.05, 0) is 31.2 Å². The molecule has 7 N–H and O–H groups in total. The highest BCUT2D eigenvalue weighted by molar-refractivity contribution is 8.01. The quantitative estimate of drug-likeness (QED) is 0.0424. The fraction of sp³-hybridized carbons (Fsp3) is 0.417. The Morgan fingerprint density at radius 1 is 1.37 bits per heavy atom. The Balaban J connectivity index is 1.50. The molecule has 19 heteroatoms. The number of carboxylic acids is 2. The first-order valence-electron chi connectivity index (χ1n) is 12.8. The number of carboxylic acid groups (broad SMARTS) is 2. The molecule has 2 amide bonds. The van der Waals surface area contributed by atoms with Gasteiger partial charge in [-0.3, -0.25) is 19.3 Å². The molecular formula is C24H29N9O7S3. The molecule has 0 spiro atoms. The summed E-state index contributed by atoms with van der Waals surface area (Å²) in [5, 5.41) is 32.2. The van der Waals surface area contributed by atoms with Gasteiger partial charge in [0.15, 0.2) is 10.8 Å². The van der Waals surface area contributed by atoms with E-state index in [0.717, 1.165) is 22.1 Å². The summed E-state index contributed by atoms with van der Waals surface area (Å²) in [5.74, 6) is -2.62. The molecule has 0 radical (unpaired) electrons. The van der Waals surface area contributed by atoms with E-state index in [4.69, 9.17) is 21.4 Å². The maximum absolute atomic E-state index is 13.2. The minimum atomic E-state index is -1.52. The number of aromatic nitrogens is 3. The molecule has 2 unspecified atom stereocenters. The topological polar surface area (TPSA) is 242 Å². The largest absolute Gasteiger partial charge is 0.543 e. The number of nitrogens with two attached hydrogens (primary N) is 2. The highest BCUT2D eigenvalue weighted by atomic mass is 32.2. The van der Waals surface area contributed by atoms with Crippen LogP contribution in [-0.4, -0.2) is 85.0 Å². The lowest BCUT2D eigenvalue weighted by Crippen LogP contribution is -2.71. The van der Waals surface area contributed by atoms with E-state index in [1.165, 1.54) is 35.8 Å². The van der Waals surface area contributed by atoms with Gasteiger partial charge in [0.05, 0.1) is 37.7 Å². The number of nitrogens with zero attached hydrogens (tertiary/aromatic N) is 5. The van der Waals surface area contributed by atoms with E-state index in [0.29, 0.717) is 23.1 Å². The summed E-state index contributed by atoms with van der Waals surface area (Å²) >= 11 is 3.59. The zero-order valence-electron chi connectivity index (χ0n) is 23.2. The Kier molecular flexibility index (Phi) is 9.97. The Morgan fingerprint density at radius 2 is 2.12 bits per heavy atom. The second-order valence-electron chi connectivity index (χ2n) is 9.35. The van der Waals surface area contributed by atoms with Gasteiger partial charge in [-0.2, -0.15) is 0 Å². The van der Waals surface area contributed by atoms with Gasteiger partial charge in [0.1, 0.15) is 23.2 Å². The molecule has 0 aromatic carbocycles. The van der Waals surface area contributed by atoms with Gasteiger partial charge in [0.25, 0.3) is 11.8 Å². The van der Waals surface area contributed by atoms with Crippen molar-refractivity contribution in [2.24, 2.45) is 12.2 Å².